The molecule has 342 valence electrons. The number of esters is 1. The third-order valence-corrected chi connectivity index (χ3v) is 11.5. The van der Waals surface area contributed by atoms with E-state index in [1.807, 2.05) is 0 Å². The number of unbranched alkanes of at least 4 members (excludes halogenated alkanes) is 21. The maximum absolute atomic E-state index is 12.6. The second-order valence-corrected chi connectivity index (χ2v) is 17.7. The number of carbonyl (C=O) groups excluding carboxylic acids is 1. The van der Waals surface area contributed by atoms with Crippen molar-refractivity contribution >= 4 is 5.97 Å². The summed E-state index contributed by atoms with van der Waals surface area (Å²) >= 11 is 0. The molecule has 2 atom stereocenters. The van der Waals surface area contributed by atoms with E-state index in [4.69, 9.17) is 9.47 Å². The van der Waals surface area contributed by atoms with E-state index in [9.17, 15) is 9.90 Å². The molecule has 1 N–H and O–H groups in total. The van der Waals surface area contributed by atoms with Crippen molar-refractivity contribution in [1.29, 1.82) is 0 Å². The largest absolute Gasteiger partial charge is 0.498 e. The van der Waals surface area contributed by atoms with Crippen molar-refractivity contribution in [1.82, 2.24) is 4.90 Å². The highest BCUT2D eigenvalue weighted by Gasteiger charge is 2.14. The Balaban J connectivity index is 0. The number of allylic oxidation sites excluding steroid dienone is 1. The number of nitrogens with zero attached hydrogens (tertiary/aromatic N) is 1. The van der Waals surface area contributed by atoms with Crippen LogP contribution < -0.4 is 0 Å². The van der Waals surface area contributed by atoms with Crippen LogP contribution in [0.4, 0.5) is 0 Å². The molecule has 0 aromatic carbocycles. The van der Waals surface area contributed by atoms with Crippen molar-refractivity contribution in [2.24, 2.45) is 11.8 Å². The number of aliphatic hydroxyl groups is 1. The van der Waals surface area contributed by atoms with E-state index in [1.54, 1.807) is 0 Å². The van der Waals surface area contributed by atoms with Crippen LogP contribution in [0.1, 0.15) is 266 Å². The molecule has 0 amide bonds. The molecule has 57 heavy (non-hydrogen) atoms. The Hall–Kier alpha value is -1.07. The zero-order valence-corrected chi connectivity index (χ0v) is 40.0. The van der Waals surface area contributed by atoms with Gasteiger partial charge in [0.2, 0.25) is 0 Å². The van der Waals surface area contributed by atoms with Crippen LogP contribution >= 0.6 is 0 Å². The minimum absolute atomic E-state index is 0.00201. The topological polar surface area (TPSA) is 59.0 Å². The second-order valence-electron chi connectivity index (χ2n) is 17.7. The summed E-state index contributed by atoms with van der Waals surface area (Å²) in [5, 5.41) is 9.34. The summed E-state index contributed by atoms with van der Waals surface area (Å²) in [5.41, 5.74) is 0. The monoisotopic (exact) mass is 808 g/mol. The molecule has 0 aromatic heterocycles. The number of hydrogen-bond donors (Lipinski definition) is 1. The van der Waals surface area contributed by atoms with E-state index < -0.39 is 0 Å². The molecule has 5 nitrogen and oxygen atoms in total. The van der Waals surface area contributed by atoms with Gasteiger partial charge in [-0.15, -0.1) is 0 Å². The van der Waals surface area contributed by atoms with Crippen LogP contribution in [0.15, 0.2) is 12.3 Å². The van der Waals surface area contributed by atoms with E-state index in [0.717, 1.165) is 76.9 Å². The first kappa shape index (κ1) is 58.0. The van der Waals surface area contributed by atoms with Gasteiger partial charge in [-0.3, -0.25) is 4.79 Å². The lowest BCUT2D eigenvalue weighted by Gasteiger charge is -2.22. The number of hydrogen-bond acceptors (Lipinski definition) is 5. The minimum Gasteiger partial charge on any atom is -0.498 e. The summed E-state index contributed by atoms with van der Waals surface area (Å²) < 4.78 is 12.1. The fourth-order valence-electron chi connectivity index (χ4n) is 7.76. The van der Waals surface area contributed by atoms with Gasteiger partial charge in [0.05, 0.1) is 19.0 Å². The maximum atomic E-state index is 12.6. The Labute approximate surface area is 359 Å². The fourth-order valence-corrected chi connectivity index (χ4v) is 7.76. The quantitative estimate of drug-likeness (QED) is 0.0377. The van der Waals surface area contributed by atoms with Crippen molar-refractivity contribution in [2.75, 3.05) is 39.5 Å². The Bertz CT molecular complexity index is 730. The Morgan fingerprint density at radius 3 is 1.21 bits per heavy atom. The second kappa shape index (κ2) is 49.3. The fraction of sp³-hybridized carbons (Fsp3) is 0.942. The van der Waals surface area contributed by atoms with E-state index in [0.29, 0.717) is 24.9 Å². The first-order valence-electron chi connectivity index (χ1n) is 25.7. The Kier molecular flexibility index (Phi) is 50.2. The number of rotatable bonds is 45. The average molecular weight is 808 g/mol. The smallest absolute Gasteiger partial charge is 0.305 e. The van der Waals surface area contributed by atoms with Crippen LogP contribution in [0.5, 0.6) is 0 Å². The van der Waals surface area contributed by atoms with Crippen LogP contribution in [0.3, 0.4) is 0 Å². The molecule has 0 saturated heterocycles. The first-order chi connectivity index (χ1) is 27.9. The van der Waals surface area contributed by atoms with Gasteiger partial charge in [0.25, 0.3) is 0 Å². The molecule has 0 bridgehead atoms. The molecule has 0 saturated carbocycles. The van der Waals surface area contributed by atoms with Gasteiger partial charge in [0, 0.05) is 19.4 Å². The third kappa shape index (κ3) is 45.9. The first-order valence-corrected chi connectivity index (χ1v) is 25.7. The van der Waals surface area contributed by atoms with E-state index in [2.05, 4.69) is 53.0 Å². The Morgan fingerprint density at radius 2 is 0.789 bits per heavy atom. The van der Waals surface area contributed by atoms with Crippen LogP contribution in [0, 0.1) is 11.8 Å². The molecule has 0 fully saturated rings. The molecule has 0 spiro atoms. The molecule has 0 aliphatic heterocycles. The molecule has 0 radical (unpaired) electrons. The number of ether oxygens (including phenoxy) is 2. The van der Waals surface area contributed by atoms with Gasteiger partial charge < -0.3 is 19.5 Å². The summed E-state index contributed by atoms with van der Waals surface area (Å²) in [4.78, 5) is 15.2. The molecule has 0 heterocycles. The SMILES string of the molecule is C=C(CCCCCN(CCCCO)CCCCCC(=O)OCC(CCCCCC)CCCCCCCC)OCC(CCCCCC)CCCCCCCC.CCC. The zero-order chi connectivity index (χ0) is 42.3. The normalized spacial score (nSPS) is 12.4. The molecular weight excluding hydrogens is 703 g/mol. The molecule has 0 aromatic rings. The zero-order valence-electron chi connectivity index (χ0n) is 40.0. The van der Waals surface area contributed by atoms with Crippen molar-refractivity contribution in [3.05, 3.63) is 12.3 Å². The Morgan fingerprint density at radius 1 is 0.456 bits per heavy atom. The molecular formula is C52H105NO4. The van der Waals surface area contributed by atoms with Crippen LogP contribution in [0.2, 0.25) is 0 Å². The summed E-state index contributed by atoms with van der Waals surface area (Å²) in [6.07, 6.45) is 43.0. The highest BCUT2D eigenvalue weighted by molar-refractivity contribution is 5.69. The van der Waals surface area contributed by atoms with Gasteiger partial charge in [-0.05, 0) is 95.7 Å². The molecule has 0 aliphatic rings. The van der Waals surface area contributed by atoms with Crippen molar-refractivity contribution in [2.45, 2.75) is 266 Å². The van der Waals surface area contributed by atoms with Gasteiger partial charge in [0.15, 0.2) is 0 Å². The van der Waals surface area contributed by atoms with Gasteiger partial charge in [-0.25, -0.2) is 0 Å². The summed E-state index contributed by atoms with van der Waals surface area (Å²) in [7, 11) is 0. The number of aliphatic hydroxyl groups excluding tert-OH is 1. The van der Waals surface area contributed by atoms with Crippen LogP contribution in [0.25, 0.3) is 0 Å². The minimum atomic E-state index is 0.00201. The predicted octanol–water partition coefficient (Wildman–Crippen LogP) is 16.3. The highest BCUT2D eigenvalue weighted by atomic mass is 16.5. The third-order valence-electron chi connectivity index (χ3n) is 11.5. The van der Waals surface area contributed by atoms with E-state index >= 15 is 0 Å². The standard InChI is InChI=1S/C49H97NO4.C3H8/c1-6-10-14-18-20-27-37-47(35-25-16-12-8-3)44-53-46(5)34-24-22-30-40-50(42-32-33-43-51)41-31-23-29-39-49(52)54-45-48(36-26-17-13-9-4)38-28-21-19-15-11-7-2;1-3-2/h47-48,51H,5-45H2,1-4H3;3H2,1-2H3. The van der Waals surface area contributed by atoms with Gasteiger partial charge in [-0.2, -0.15) is 0 Å². The summed E-state index contributed by atoms with van der Waals surface area (Å²) in [6.45, 7) is 22.7. The van der Waals surface area contributed by atoms with Gasteiger partial charge in [0.1, 0.15) is 0 Å². The summed E-state index contributed by atoms with van der Waals surface area (Å²) in [5.74, 6) is 2.20. The molecule has 0 rings (SSSR count). The van der Waals surface area contributed by atoms with Crippen LogP contribution in [-0.2, 0) is 14.3 Å². The lowest BCUT2D eigenvalue weighted by molar-refractivity contribution is -0.145. The van der Waals surface area contributed by atoms with Crippen molar-refractivity contribution in [3.8, 4) is 0 Å². The van der Waals surface area contributed by atoms with Gasteiger partial charge in [-0.1, -0.05) is 196 Å². The van der Waals surface area contributed by atoms with Crippen LogP contribution in [-0.4, -0.2) is 55.4 Å². The highest BCUT2D eigenvalue weighted by Crippen LogP contribution is 2.22. The molecule has 5 heteroatoms. The van der Waals surface area contributed by atoms with Crippen molar-refractivity contribution < 1.29 is 19.4 Å². The lowest BCUT2D eigenvalue weighted by atomic mass is 9.95. The lowest BCUT2D eigenvalue weighted by Crippen LogP contribution is -2.27. The van der Waals surface area contributed by atoms with E-state index in [1.165, 1.54) is 173 Å². The maximum Gasteiger partial charge on any atom is 0.305 e. The van der Waals surface area contributed by atoms with Crippen molar-refractivity contribution in [3.63, 3.8) is 0 Å². The van der Waals surface area contributed by atoms with Gasteiger partial charge >= 0.3 is 5.97 Å². The average Bonchev–Trinajstić information content (AvgIpc) is 3.20. The van der Waals surface area contributed by atoms with E-state index in [-0.39, 0.29) is 12.6 Å². The molecule has 0 aliphatic carbocycles. The summed E-state index contributed by atoms with van der Waals surface area (Å²) in [6, 6.07) is 0. The molecule has 2 unspecified atom stereocenters. The number of carbonyl (C=O) groups is 1. The predicted molar refractivity (Wildman–Crippen MR) is 252 cm³/mol.